The van der Waals surface area contributed by atoms with Crippen LogP contribution >= 0.6 is 0 Å². The lowest BCUT2D eigenvalue weighted by Gasteiger charge is -2.25. The number of nitrogens with two attached hydrogens (primary N) is 1. The minimum Gasteiger partial charge on any atom is -0.480 e. The molecule has 4 aromatic carbocycles. The third kappa shape index (κ3) is 6.46. The highest BCUT2D eigenvalue weighted by molar-refractivity contribution is 5.99. The largest absolute Gasteiger partial charge is 0.480 e. The maximum Gasteiger partial charge on any atom is 0.326 e. The maximum atomic E-state index is 13.5. The second-order valence-corrected chi connectivity index (χ2v) is 8.66. The van der Waals surface area contributed by atoms with Gasteiger partial charge in [-0.05, 0) is 35.7 Å². The second kappa shape index (κ2) is 11.8. The van der Waals surface area contributed by atoms with Gasteiger partial charge in [0.05, 0.1) is 0 Å². The van der Waals surface area contributed by atoms with Crippen LogP contribution in [-0.2, 0) is 9.59 Å². The fraction of sp³-hybridized carbons (Fsp3) is 0.179. The van der Waals surface area contributed by atoms with Crippen molar-refractivity contribution < 1.29 is 14.7 Å². The van der Waals surface area contributed by atoms with E-state index in [1.54, 1.807) is 0 Å². The number of carbonyl (C=O) groups is 2. The smallest absolute Gasteiger partial charge is 0.326 e. The Labute approximate surface area is 214 Å². The predicted octanol–water partition coefficient (Wildman–Crippen LogP) is 3.68. The molecule has 0 aliphatic rings. The van der Waals surface area contributed by atoms with Crippen LogP contribution in [0.25, 0.3) is 21.5 Å². The minimum atomic E-state index is -1.13. The fourth-order valence-electron chi connectivity index (χ4n) is 4.22. The van der Waals surface area contributed by atoms with Gasteiger partial charge >= 0.3 is 5.97 Å². The van der Waals surface area contributed by atoms with Crippen molar-refractivity contribution in [3.8, 4) is 0 Å². The Kier molecular flexibility index (Phi) is 8.05. The van der Waals surface area contributed by atoms with Crippen molar-refractivity contribution in [2.75, 3.05) is 17.2 Å². The van der Waals surface area contributed by atoms with E-state index in [1.807, 2.05) is 84.9 Å². The summed E-state index contributed by atoms with van der Waals surface area (Å²) in [5.74, 6) is -1.83. The lowest BCUT2D eigenvalue weighted by Crippen LogP contribution is -2.51. The zero-order valence-electron chi connectivity index (χ0n) is 20.2. The Bertz CT molecular complexity index is 1330. The minimum absolute atomic E-state index is 0.177. The molecule has 0 bridgehead atoms. The summed E-state index contributed by atoms with van der Waals surface area (Å²) in [6, 6.07) is 26.1. The number of hydrogen-bond acceptors (Lipinski definition) is 5. The molecule has 190 valence electrons. The summed E-state index contributed by atoms with van der Waals surface area (Å²) in [5, 5.41) is 32.7. The number of carboxylic acid groups (broad SMARTS) is 1. The first-order chi connectivity index (χ1) is 17.9. The number of fused-ring (bicyclic) bond motifs is 2. The average Bonchev–Trinajstić information content (AvgIpc) is 2.90. The van der Waals surface area contributed by atoms with Gasteiger partial charge in [-0.15, -0.1) is 0 Å². The standard InChI is InChI=1S/C28H30N6O3/c29-28(30)31-17-7-16-24(27(36)37)34-26(35)25(32-22-14-5-10-18-8-1-3-12-20(18)22)33-23-15-6-11-19-9-2-4-13-21(19)23/h1-6,8-15,24-25,32-33H,7,16-17H2,(H,34,35)(H,36,37)(H4,29,30,31). The van der Waals surface area contributed by atoms with Crippen LogP contribution < -0.4 is 27.0 Å². The fourth-order valence-corrected chi connectivity index (χ4v) is 4.22. The molecule has 0 saturated heterocycles. The van der Waals surface area contributed by atoms with Crippen molar-refractivity contribution in [3.05, 3.63) is 84.9 Å². The van der Waals surface area contributed by atoms with E-state index < -0.39 is 24.1 Å². The van der Waals surface area contributed by atoms with Crippen LogP contribution in [0, 0.1) is 5.41 Å². The molecule has 1 unspecified atom stereocenters. The zero-order valence-corrected chi connectivity index (χ0v) is 20.2. The van der Waals surface area contributed by atoms with E-state index in [1.165, 1.54) is 0 Å². The first-order valence-electron chi connectivity index (χ1n) is 12.0. The van der Waals surface area contributed by atoms with E-state index in [0.29, 0.717) is 13.0 Å². The van der Waals surface area contributed by atoms with Gasteiger partial charge in [-0.2, -0.15) is 0 Å². The van der Waals surface area contributed by atoms with Crippen LogP contribution in [0.15, 0.2) is 84.9 Å². The molecule has 0 fully saturated rings. The van der Waals surface area contributed by atoms with E-state index in [-0.39, 0.29) is 12.4 Å². The van der Waals surface area contributed by atoms with Gasteiger partial charge in [0.2, 0.25) is 0 Å². The van der Waals surface area contributed by atoms with Crippen molar-refractivity contribution in [2.45, 2.75) is 25.0 Å². The molecule has 0 aromatic heterocycles. The molecule has 0 aliphatic carbocycles. The third-order valence-electron chi connectivity index (χ3n) is 6.04. The molecule has 8 N–H and O–H groups in total. The van der Waals surface area contributed by atoms with Crippen LogP contribution in [0.5, 0.6) is 0 Å². The summed E-state index contributed by atoms with van der Waals surface area (Å²) < 4.78 is 0. The van der Waals surface area contributed by atoms with Crippen molar-refractivity contribution in [3.63, 3.8) is 0 Å². The van der Waals surface area contributed by atoms with E-state index in [9.17, 15) is 14.7 Å². The van der Waals surface area contributed by atoms with Gasteiger partial charge in [-0.1, -0.05) is 72.8 Å². The molecular weight excluding hydrogens is 468 g/mol. The van der Waals surface area contributed by atoms with Crippen molar-refractivity contribution in [1.82, 2.24) is 10.6 Å². The number of carboxylic acids is 1. The molecule has 9 heteroatoms. The van der Waals surface area contributed by atoms with Gasteiger partial charge in [-0.3, -0.25) is 10.2 Å². The molecule has 9 nitrogen and oxygen atoms in total. The molecule has 0 saturated carbocycles. The summed E-state index contributed by atoms with van der Waals surface area (Å²) in [4.78, 5) is 25.4. The van der Waals surface area contributed by atoms with Crippen molar-refractivity contribution in [1.29, 1.82) is 5.41 Å². The number of anilines is 2. The van der Waals surface area contributed by atoms with Gasteiger partial charge in [0.25, 0.3) is 5.91 Å². The summed E-state index contributed by atoms with van der Waals surface area (Å²) in [5.41, 5.74) is 6.76. The maximum absolute atomic E-state index is 13.5. The highest BCUT2D eigenvalue weighted by atomic mass is 16.4. The van der Waals surface area contributed by atoms with Crippen LogP contribution in [0.3, 0.4) is 0 Å². The molecule has 4 aromatic rings. The molecular formula is C28H30N6O3. The number of guanidine groups is 1. The zero-order chi connectivity index (χ0) is 26.2. The third-order valence-corrected chi connectivity index (χ3v) is 6.04. The molecule has 1 amide bonds. The van der Waals surface area contributed by atoms with Crippen LogP contribution in [-0.4, -0.2) is 41.7 Å². The van der Waals surface area contributed by atoms with Gasteiger partial charge in [-0.25, -0.2) is 4.79 Å². The Balaban J connectivity index is 1.61. The summed E-state index contributed by atoms with van der Waals surface area (Å²) in [6.07, 6.45) is -0.375. The molecule has 0 spiro atoms. The highest BCUT2D eigenvalue weighted by Crippen LogP contribution is 2.26. The molecule has 1 atom stereocenters. The van der Waals surface area contributed by atoms with E-state index >= 15 is 0 Å². The molecule has 0 radical (unpaired) electrons. The number of aliphatic carboxylic acids is 1. The quantitative estimate of drug-likeness (QED) is 0.0721. The predicted molar refractivity (Wildman–Crippen MR) is 148 cm³/mol. The Hall–Kier alpha value is -4.79. The first kappa shape index (κ1) is 25.3. The average molecular weight is 499 g/mol. The number of benzene rings is 4. The monoisotopic (exact) mass is 498 g/mol. The van der Waals surface area contributed by atoms with E-state index in [2.05, 4.69) is 21.3 Å². The van der Waals surface area contributed by atoms with Gasteiger partial charge < -0.3 is 32.1 Å². The molecule has 0 aliphatic heterocycles. The second-order valence-electron chi connectivity index (χ2n) is 8.66. The Morgan fingerprint density at radius 2 is 1.32 bits per heavy atom. The number of carbonyl (C=O) groups excluding carboxylic acids is 1. The van der Waals surface area contributed by atoms with Crippen molar-refractivity contribution >= 4 is 50.8 Å². The lowest BCUT2D eigenvalue weighted by molar-refractivity contribution is -0.142. The topological polar surface area (TPSA) is 152 Å². The Morgan fingerprint density at radius 1 is 0.811 bits per heavy atom. The lowest BCUT2D eigenvalue weighted by atomic mass is 10.1. The number of rotatable bonds is 11. The van der Waals surface area contributed by atoms with Crippen LogP contribution in [0.1, 0.15) is 12.8 Å². The molecule has 37 heavy (non-hydrogen) atoms. The Morgan fingerprint density at radius 3 is 1.84 bits per heavy atom. The highest BCUT2D eigenvalue weighted by Gasteiger charge is 2.26. The van der Waals surface area contributed by atoms with Crippen LogP contribution in [0.2, 0.25) is 0 Å². The summed E-state index contributed by atoms with van der Waals surface area (Å²) in [7, 11) is 0. The number of nitrogens with one attached hydrogen (secondary N) is 5. The normalized spacial score (nSPS) is 11.7. The molecule has 0 heterocycles. The van der Waals surface area contributed by atoms with Gasteiger partial charge in [0.1, 0.15) is 6.04 Å². The van der Waals surface area contributed by atoms with E-state index in [0.717, 1.165) is 32.9 Å². The van der Waals surface area contributed by atoms with E-state index in [4.69, 9.17) is 11.1 Å². The molecule has 4 rings (SSSR count). The SMILES string of the molecule is N=C(N)NCCCC(NC(=O)C(Nc1cccc2ccccc12)Nc1cccc2ccccc12)C(=O)O. The first-order valence-corrected chi connectivity index (χ1v) is 12.0. The van der Waals surface area contributed by atoms with Gasteiger partial charge in [0.15, 0.2) is 12.1 Å². The van der Waals surface area contributed by atoms with Crippen molar-refractivity contribution in [2.24, 2.45) is 5.73 Å². The number of amides is 1. The number of hydrogen-bond donors (Lipinski definition) is 7. The van der Waals surface area contributed by atoms with Gasteiger partial charge in [0, 0.05) is 28.7 Å². The van der Waals surface area contributed by atoms with Crippen LogP contribution in [0.4, 0.5) is 11.4 Å². The summed E-state index contributed by atoms with van der Waals surface area (Å²) >= 11 is 0. The summed E-state index contributed by atoms with van der Waals surface area (Å²) in [6.45, 7) is 0.334.